The van der Waals surface area contributed by atoms with Crippen LogP contribution in [0, 0.1) is 10.1 Å². The van der Waals surface area contributed by atoms with Gasteiger partial charge in [-0.25, -0.2) is 4.79 Å². The first kappa shape index (κ1) is 21.8. The molecule has 1 fully saturated rings. The highest BCUT2D eigenvalue weighted by atomic mass is 35.5. The van der Waals surface area contributed by atoms with Crippen molar-refractivity contribution in [1.82, 2.24) is 10.2 Å². The maximum absolute atomic E-state index is 12.9. The molecule has 2 aromatic carbocycles. The number of hydrogen-bond donors (Lipinski definition) is 2. The number of amides is 4. The number of nitrogens with one attached hydrogen (secondary N) is 2. The van der Waals surface area contributed by atoms with Gasteiger partial charge < -0.3 is 10.6 Å². The topological polar surface area (TPSA) is 122 Å². The lowest BCUT2D eigenvalue weighted by Crippen LogP contribution is -2.42. The monoisotopic (exact) mass is 470 g/mol. The SMILES string of the molecule is C[C@@]1(c2ccc(Cl)cc2Cl)NC(=O)N(CC(=O)Nc2cc([N+](=O)[O-])ccc2Cl)C1=O. The molecular formula is C18H13Cl3N4O5. The number of nitro benzene ring substituents is 1. The molecule has 0 spiro atoms. The Morgan fingerprint density at radius 3 is 2.50 bits per heavy atom. The molecule has 0 saturated carbocycles. The third kappa shape index (κ3) is 4.04. The Hall–Kier alpha value is -2.88. The maximum Gasteiger partial charge on any atom is 0.325 e. The number of carbonyl (C=O) groups excluding carboxylic acids is 3. The molecule has 0 aromatic heterocycles. The molecule has 2 aromatic rings. The lowest BCUT2D eigenvalue weighted by Gasteiger charge is -2.23. The Labute approximate surface area is 185 Å². The third-order valence-electron chi connectivity index (χ3n) is 4.48. The average Bonchev–Trinajstić information content (AvgIpc) is 2.87. The van der Waals surface area contributed by atoms with Gasteiger partial charge in [-0.1, -0.05) is 40.9 Å². The van der Waals surface area contributed by atoms with Crippen molar-refractivity contribution >= 4 is 64.0 Å². The van der Waals surface area contributed by atoms with Crippen molar-refractivity contribution in [2.24, 2.45) is 0 Å². The van der Waals surface area contributed by atoms with Gasteiger partial charge >= 0.3 is 6.03 Å². The van der Waals surface area contributed by atoms with E-state index in [2.05, 4.69) is 10.6 Å². The predicted molar refractivity (Wildman–Crippen MR) is 111 cm³/mol. The molecule has 1 saturated heterocycles. The molecule has 0 aliphatic carbocycles. The molecule has 9 nitrogen and oxygen atoms in total. The van der Waals surface area contributed by atoms with E-state index in [4.69, 9.17) is 34.8 Å². The van der Waals surface area contributed by atoms with Crippen LogP contribution in [0.2, 0.25) is 15.1 Å². The minimum absolute atomic E-state index is 0.0218. The first-order valence-corrected chi connectivity index (χ1v) is 9.50. The quantitative estimate of drug-likeness (QED) is 0.388. The smallest absolute Gasteiger partial charge is 0.323 e. The summed E-state index contributed by atoms with van der Waals surface area (Å²) in [6.45, 7) is 0.822. The van der Waals surface area contributed by atoms with E-state index in [-0.39, 0.29) is 21.4 Å². The second kappa shape index (κ2) is 8.10. The van der Waals surface area contributed by atoms with Crippen LogP contribution in [0.5, 0.6) is 0 Å². The van der Waals surface area contributed by atoms with Crippen LogP contribution in [-0.2, 0) is 15.1 Å². The number of carbonyl (C=O) groups is 3. The van der Waals surface area contributed by atoms with Gasteiger partial charge in [0.15, 0.2) is 0 Å². The Morgan fingerprint density at radius 2 is 1.87 bits per heavy atom. The third-order valence-corrected chi connectivity index (χ3v) is 5.36. The van der Waals surface area contributed by atoms with Crippen molar-refractivity contribution in [2.45, 2.75) is 12.5 Å². The van der Waals surface area contributed by atoms with Crippen LogP contribution >= 0.6 is 34.8 Å². The summed E-state index contributed by atoms with van der Waals surface area (Å²) < 4.78 is 0. The van der Waals surface area contributed by atoms with Crippen molar-refractivity contribution < 1.29 is 19.3 Å². The summed E-state index contributed by atoms with van der Waals surface area (Å²) in [6, 6.07) is 7.17. The molecular weight excluding hydrogens is 459 g/mol. The first-order valence-electron chi connectivity index (χ1n) is 8.36. The van der Waals surface area contributed by atoms with Gasteiger partial charge in [-0.15, -0.1) is 0 Å². The second-order valence-corrected chi connectivity index (χ2v) is 7.79. The predicted octanol–water partition coefficient (Wildman–Crippen LogP) is 3.96. The van der Waals surface area contributed by atoms with Gasteiger partial charge in [0.2, 0.25) is 5.91 Å². The summed E-state index contributed by atoms with van der Waals surface area (Å²) in [6.07, 6.45) is 0. The number of nitrogens with zero attached hydrogens (tertiary/aromatic N) is 2. The van der Waals surface area contributed by atoms with E-state index in [9.17, 15) is 24.5 Å². The molecule has 2 N–H and O–H groups in total. The summed E-state index contributed by atoms with van der Waals surface area (Å²) >= 11 is 18.0. The van der Waals surface area contributed by atoms with Gasteiger partial charge in [0.25, 0.3) is 11.6 Å². The minimum atomic E-state index is -1.50. The molecule has 156 valence electrons. The first-order chi connectivity index (χ1) is 14.0. The van der Waals surface area contributed by atoms with E-state index >= 15 is 0 Å². The van der Waals surface area contributed by atoms with Crippen molar-refractivity contribution in [3.8, 4) is 0 Å². The zero-order valence-electron chi connectivity index (χ0n) is 15.2. The number of urea groups is 1. The van der Waals surface area contributed by atoms with E-state index < -0.39 is 34.9 Å². The number of hydrogen-bond acceptors (Lipinski definition) is 5. The summed E-state index contributed by atoms with van der Waals surface area (Å²) in [5, 5.41) is 16.4. The maximum atomic E-state index is 12.9. The minimum Gasteiger partial charge on any atom is -0.323 e. The van der Waals surface area contributed by atoms with Gasteiger partial charge in [0.1, 0.15) is 12.1 Å². The van der Waals surface area contributed by atoms with Crippen molar-refractivity contribution in [1.29, 1.82) is 0 Å². The highest BCUT2D eigenvalue weighted by molar-refractivity contribution is 6.35. The highest BCUT2D eigenvalue weighted by Crippen LogP contribution is 2.35. The number of rotatable bonds is 5. The Kier molecular flexibility index (Phi) is 5.89. The zero-order chi connectivity index (χ0) is 22.2. The van der Waals surface area contributed by atoms with Gasteiger partial charge in [-0.2, -0.15) is 0 Å². The van der Waals surface area contributed by atoms with Gasteiger partial charge in [-0.3, -0.25) is 24.6 Å². The van der Waals surface area contributed by atoms with Crippen LogP contribution in [0.15, 0.2) is 36.4 Å². The van der Waals surface area contributed by atoms with Crippen LogP contribution in [-0.4, -0.2) is 34.2 Å². The summed E-state index contributed by atoms with van der Waals surface area (Å²) in [5.41, 5.74) is -1.49. The van der Waals surface area contributed by atoms with Gasteiger partial charge in [0.05, 0.1) is 15.6 Å². The van der Waals surface area contributed by atoms with E-state index in [0.717, 1.165) is 6.07 Å². The highest BCUT2D eigenvalue weighted by Gasteiger charge is 2.50. The average molecular weight is 472 g/mol. The van der Waals surface area contributed by atoms with Crippen LogP contribution in [0.3, 0.4) is 0 Å². The summed E-state index contributed by atoms with van der Waals surface area (Å²) in [7, 11) is 0. The van der Waals surface area contributed by atoms with Crippen LogP contribution in [0.25, 0.3) is 0 Å². The lowest BCUT2D eigenvalue weighted by molar-refractivity contribution is -0.384. The largest absolute Gasteiger partial charge is 0.325 e. The van der Waals surface area contributed by atoms with E-state index in [1.165, 1.54) is 37.3 Å². The Balaban J connectivity index is 1.80. The molecule has 1 atom stereocenters. The zero-order valence-corrected chi connectivity index (χ0v) is 17.5. The number of benzene rings is 2. The molecule has 1 aliphatic heterocycles. The number of halogens is 3. The van der Waals surface area contributed by atoms with Gasteiger partial charge in [0, 0.05) is 27.7 Å². The molecule has 3 rings (SSSR count). The number of imide groups is 1. The van der Waals surface area contributed by atoms with Crippen molar-refractivity contribution in [2.75, 3.05) is 11.9 Å². The van der Waals surface area contributed by atoms with Gasteiger partial charge in [-0.05, 0) is 25.1 Å². The van der Waals surface area contributed by atoms with Crippen LogP contribution in [0.1, 0.15) is 12.5 Å². The molecule has 12 heteroatoms. The second-order valence-electron chi connectivity index (χ2n) is 6.54. The molecule has 1 heterocycles. The van der Waals surface area contributed by atoms with E-state index in [1.54, 1.807) is 0 Å². The Morgan fingerprint density at radius 1 is 1.17 bits per heavy atom. The van der Waals surface area contributed by atoms with E-state index in [0.29, 0.717) is 15.5 Å². The normalized spacial score (nSPS) is 18.3. The Bertz CT molecular complexity index is 1090. The van der Waals surface area contributed by atoms with Crippen molar-refractivity contribution in [3.05, 3.63) is 67.1 Å². The summed E-state index contributed by atoms with van der Waals surface area (Å²) in [4.78, 5) is 48.7. The number of nitro groups is 1. The summed E-state index contributed by atoms with van der Waals surface area (Å²) in [5.74, 6) is -1.47. The molecule has 0 bridgehead atoms. The van der Waals surface area contributed by atoms with Crippen LogP contribution < -0.4 is 10.6 Å². The molecule has 30 heavy (non-hydrogen) atoms. The molecule has 0 unspecified atom stereocenters. The molecule has 1 aliphatic rings. The number of anilines is 1. The molecule has 0 radical (unpaired) electrons. The molecule has 4 amide bonds. The fourth-order valence-electron chi connectivity index (χ4n) is 2.97. The standard InChI is InChI=1S/C18H13Cl3N4O5/c1-18(11-4-2-9(19)6-13(11)21)16(27)24(17(28)23-18)8-15(26)22-14-7-10(25(29)30)3-5-12(14)20/h2-7H,8H2,1H3,(H,22,26)(H,23,28)/t18-/m0/s1. The fraction of sp³-hybridized carbons (Fsp3) is 0.167. The lowest BCUT2D eigenvalue weighted by atomic mass is 9.92. The number of non-ortho nitro benzene ring substituents is 1. The fourth-order valence-corrected chi connectivity index (χ4v) is 3.74. The van der Waals surface area contributed by atoms with Crippen LogP contribution in [0.4, 0.5) is 16.2 Å². The van der Waals surface area contributed by atoms with Crippen molar-refractivity contribution in [3.63, 3.8) is 0 Å². The van der Waals surface area contributed by atoms with E-state index in [1.807, 2.05) is 0 Å².